The number of methoxy groups -OCH3 is 1. The second-order valence-corrected chi connectivity index (χ2v) is 10.1. The summed E-state index contributed by atoms with van der Waals surface area (Å²) < 4.78 is 5.66. The van der Waals surface area contributed by atoms with Gasteiger partial charge in [-0.15, -0.1) is 0 Å². The third-order valence-electron chi connectivity index (χ3n) is 7.53. The van der Waals surface area contributed by atoms with E-state index in [1.165, 1.54) is 42.6 Å². The molecule has 3 aliphatic rings. The lowest BCUT2D eigenvalue weighted by molar-refractivity contribution is -0.00477. The van der Waals surface area contributed by atoms with Crippen LogP contribution in [0.5, 0.6) is 5.75 Å². The van der Waals surface area contributed by atoms with E-state index in [4.69, 9.17) is 27.9 Å². The first-order valence-corrected chi connectivity index (χ1v) is 12.5. The number of ether oxygens (including phenoxy) is 1. The molecule has 3 heterocycles. The van der Waals surface area contributed by atoms with Gasteiger partial charge in [0.25, 0.3) is 0 Å². The summed E-state index contributed by atoms with van der Waals surface area (Å²) in [6.07, 6.45) is 2.40. The van der Waals surface area contributed by atoms with Crippen LogP contribution in [0.1, 0.15) is 35.4 Å². The Bertz CT molecular complexity index is 1100. The third kappa shape index (κ3) is 4.40. The molecule has 3 aromatic rings. The van der Waals surface area contributed by atoms with Crippen molar-refractivity contribution < 1.29 is 4.74 Å². The SMILES string of the molecule is COc1ccccc1CNC1(C(c2ccccc2)c2ccc(Cl)c(Cl)c2)CN2CCC1CC2. The van der Waals surface area contributed by atoms with Crippen LogP contribution >= 0.6 is 23.2 Å². The van der Waals surface area contributed by atoms with E-state index in [9.17, 15) is 0 Å². The highest BCUT2D eigenvalue weighted by atomic mass is 35.5. The molecule has 2 atom stereocenters. The van der Waals surface area contributed by atoms with Gasteiger partial charge in [-0.1, -0.05) is 77.8 Å². The molecule has 5 heteroatoms. The first kappa shape index (κ1) is 22.7. The fraction of sp³-hybridized carbons (Fsp3) is 0.357. The number of nitrogens with zero attached hydrogens (tertiary/aromatic N) is 1. The first-order valence-electron chi connectivity index (χ1n) is 11.7. The van der Waals surface area contributed by atoms with Crippen LogP contribution in [0.25, 0.3) is 0 Å². The molecule has 6 rings (SSSR count). The topological polar surface area (TPSA) is 24.5 Å². The molecule has 0 aliphatic carbocycles. The monoisotopic (exact) mass is 480 g/mol. The van der Waals surface area contributed by atoms with E-state index in [1.807, 2.05) is 18.2 Å². The van der Waals surface area contributed by atoms with E-state index in [1.54, 1.807) is 7.11 Å². The molecule has 33 heavy (non-hydrogen) atoms. The number of benzene rings is 3. The number of rotatable bonds is 7. The molecule has 0 saturated carbocycles. The van der Waals surface area contributed by atoms with Crippen molar-refractivity contribution in [1.82, 2.24) is 10.2 Å². The Morgan fingerprint density at radius 2 is 1.67 bits per heavy atom. The number of para-hydroxylation sites is 1. The summed E-state index contributed by atoms with van der Waals surface area (Å²) in [4.78, 5) is 2.61. The minimum Gasteiger partial charge on any atom is -0.496 e. The standard InChI is InChI=1S/C28H30Cl2N2O/c1-33-26-10-6-5-9-22(26)18-31-28(19-32-15-13-23(28)14-16-32)27(20-7-3-2-4-8-20)21-11-12-24(29)25(30)17-21/h2-12,17,23,27,31H,13-16,18-19H2,1H3. The van der Waals surface area contributed by atoms with Crippen molar-refractivity contribution in [3.63, 3.8) is 0 Å². The smallest absolute Gasteiger partial charge is 0.123 e. The second kappa shape index (κ2) is 9.68. The van der Waals surface area contributed by atoms with Gasteiger partial charge in [0.2, 0.25) is 0 Å². The van der Waals surface area contributed by atoms with E-state index in [0.29, 0.717) is 16.0 Å². The number of nitrogens with one attached hydrogen (secondary N) is 1. The van der Waals surface area contributed by atoms with Crippen LogP contribution in [-0.4, -0.2) is 37.2 Å². The Labute approximate surface area is 206 Å². The number of fused-ring (bicyclic) bond motifs is 3. The van der Waals surface area contributed by atoms with Crippen molar-refractivity contribution in [3.05, 3.63) is 99.5 Å². The summed E-state index contributed by atoms with van der Waals surface area (Å²) in [7, 11) is 1.74. The molecular weight excluding hydrogens is 451 g/mol. The molecule has 0 aromatic heterocycles. The fourth-order valence-electron chi connectivity index (χ4n) is 5.97. The van der Waals surface area contributed by atoms with Crippen LogP contribution < -0.4 is 10.1 Å². The summed E-state index contributed by atoms with van der Waals surface area (Å²) in [6.45, 7) is 4.10. The van der Waals surface area contributed by atoms with E-state index in [0.717, 1.165) is 18.8 Å². The van der Waals surface area contributed by atoms with Crippen molar-refractivity contribution in [2.24, 2.45) is 5.92 Å². The molecule has 0 amide bonds. The number of hydrogen-bond donors (Lipinski definition) is 1. The summed E-state index contributed by atoms with van der Waals surface area (Å²) in [6, 6.07) is 25.3. The molecule has 172 valence electrons. The van der Waals surface area contributed by atoms with Gasteiger partial charge in [-0.3, -0.25) is 0 Å². The van der Waals surface area contributed by atoms with Crippen molar-refractivity contribution in [3.8, 4) is 5.75 Å². The zero-order valence-electron chi connectivity index (χ0n) is 18.9. The van der Waals surface area contributed by atoms with E-state index in [2.05, 4.69) is 64.8 Å². The van der Waals surface area contributed by atoms with Gasteiger partial charge in [-0.2, -0.15) is 0 Å². The fourth-order valence-corrected chi connectivity index (χ4v) is 6.27. The van der Waals surface area contributed by atoms with Gasteiger partial charge in [-0.25, -0.2) is 0 Å². The predicted octanol–water partition coefficient (Wildman–Crippen LogP) is 6.39. The highest BCUT2D eigenvalue weighted by Gasteiger charge is 2.52. The lowest BCUT2D eigenvalue weighted by Gasteiger charge is -2.57. The van der Waals surface area contributed by atoms with Gasteiger partial charge in [0.05, 0.1) is 17.2 Å². The summed E-state index contributed by atoms with van der Waals surface area (Å²) in [5.41, 5.74) is 3.56. The maximum atomic E-state index is 6.54. The molecule has 3 aliphatic heterocycles. The zero-order valence-corrected chi connectivity index (χ0v) is 20.4. The maximum absolute atomic E-state index is 6.54. The molecular formula is C28H30Cl2N2O. The van der Waals surface area contributed by atoms with Gasteiger partial charge in [0.1, 0.15) is 5.75 Å². The van der Waals surface area contributed by atoms with Crippen molar-refractivity contribution >= 4 is 23.2 Å². The normalized spacial score (nSPS) is 25.1. The van der Waals surface area contributed by atoms with Crippen LogP contribution in [-0.2, 0) is 6.54 Å². The molecule has 3 saturated heterocycles. The molecule has 0 spiro atoms. The first-order chi connectivity index (χ1) is 16.1. The van der Waals surface area contributed by atoms with Crippen LogP contribution in [0.2, 0.25) is 10.0 Å². The Kier molecular flexibility index (Phi) is 6.67. The van der Waals surface area contributed by atoms with E-state index < -0.39 is 0 Å². The van der Waals surface area contributed by atoms with Gasteiger partial charge in [0, 0.05) is 30.1 Å². The van der Waals surface area contributed by atoms with E-state index >= 15 is 0 Å². The zero-order chi connectivity index (χ0) is 22.8. The average Bonchev–Trinajstić information content (AvgIpc) is 2.86. The van der Waals surface area contributed by atoms with Crippen LogP contribution in [0.4, 0.5) is 0 Å². The Balaban J connectivity index is 1.62. The predicted molar refractivity (Wildman–Crippen MR) is 136 cm³/mol. The summed E-state index contributed by atoms with van der Waals surface area (Å²) in [5, 5.41) is 5.29. The molecule has 3 aromatic carbocycles. The Hall–Kier alpha value is -2.04. The molecule has 2 unspecified atom stereocenters. The lowest BCUT2D eigenvalue weighted by Crippen LogP contribution is -2.68. The lowest BCUT2D eigenvalue weighted by atomic mass is 9.62. The quantitative estimate of drug-likeness (QED) is 0.423. The number of halogens is 2. The molecule has 1 N–H and O–H groups in total. The van der Waals surface area contributed by atoms with Gasteiger partial charge in [0.15, 0.2) is 0 Å². The van der Waals surface area contributed by atoms with Crippen molar-refractivity contribution in [2.75, 3.05) is 26.7 Å². The highest BCUT2D eigenvalue weighted by molar-refractivity contribution is 6.42. The maximum Gasteiger partial charge on any atom is 0.123 e. The number of hydrogen-bond acceptors (Lipinski definition) is 3. The Morgan fingerprint density at radius 3 is 2.33 bits per heavy atom. The van der Waals surface area contributed by atoms with Crippen molar-refractivity contribution in [2.45, 2.75) is 30.8 Å². The van der Waals surface area contributed by atoms with Gasteiger partial charge >= 0.3 is 0 Å². The molecule has 2 bridgehead atoms. The van der Waals surface area contributed by atoms with Crippen LogP contribution in [0.15, 0.2) is 72.8 Å². The summed E-state index contributed by atoms with van der Waals surface area (Å²) >= 11 is 12.9. The Morgan fingerprint density at radius 1 is 0.939 bits per heavy atom. The van der Waals surface area contributed by atoms with Crippen molar-refractivity contribution in [1.29, 1.82) is 0 Å². The van der Waals surface area contributed by atoms with E-state index in [-0.39, 0.29) is 11.5 Å². The minimum atomic E-state index is -0.129. The molecule has 3 fully saturated rings. The largest absolute Gasteiger partial charge is 0.496 e. The van der Waals surface area contributed by atoms with Crippen LogP contribution in [0.3, 0.4) is 0 Å². The molecule has 3 nitrogen and oxygen atoms in total. The minimum absolute atomic E-state index is 0.129. The van der Waals surface area contributed by atoms with Gasteiger partial charge < -0.3 is 15.0 Å². The second-order valence-electron chi connectivity index (χ2n) is 9.27. The van der Waals surface area contributed by atoms with Crippen LogP contribution in [0, 0.1) is 5.92 Å². The molecule has 0 radical (unpaired) electrons. The summed E-state index contributed by atoms with van der Waals surface area (Å²) in [5.74, 6) is 1.64. The average molecular weight is 481 g/mol. The van der Waals surface area contributed by atoms with Gasteiger partial charge in [-0.05, 0) is 61.2 Å². The highest BCUT2D eigenvalue weighted by Crippen LogP contribution is 2.48. The third-order valence-corrected chi connectivity index (χ3v) is 8.27. The number of piperidine rings is 3.